The fourth-order valence-corrected chi connectivity index (χ4v) is 5.93. The fourth-order valence-electron chi connectivity index (χ4n) is 5.68. The zero-order valence-electron chi connectivity index (χ0n) is 23.8. The molecule has 0 unspecified atom stereocenters. The number of halogens is 1. The van der Waals surface area contributed by atoms with Gasteiger partial charge in [-0.25, -0.2) is 4.79 Å². The molecule has 41 heavy (non-hydrogen) atoms. The van der Waals surface area contributed by atoms with Gasteiger partial charge in [-0.1, -0.05) is 23.7 Å². The Bertz CT molecular complexity index is 1590. The number of fused-ring (bicyclic) bond motifs is 2. The van der Waals surface area contributed by atoms with Gasteiger partial charge in [-0.05, 0) is 61.6 Å². The standard InChI is InChI=1S/C31H34ClN3O6/c1-19-27-24(34(16-14-26(36)39-3)30(19)31(37)40-4)13-12-22(32)28(27)29-23(33-35-15-6-5-7-25(29)35)18-41-17-20-8-10-21(38-2)11-9-20/h8-13H,5-7,14-18H2,1-4H3. The molecule has 1 aliphatic heterocycles. The van der Waals surface area contributed by atoms with Crippen molar-refractivity contribution in [3.63, 3.8) is 0 Å². The first kappa shape index (κ1) is 28.7. The van der Waals surface area contributed by atoms with Crippen molar-refractivity contribution in [2.75, 3.05) is 21.3 Å². The lowest BCUT2D eigenvalue weighted by Gasteiger charge is -2.16. The third kappa shape index (κ3) is 5.56. The molecule has 0 aliphatic carbocycles. The number of aromatic nitrogens is 3. The summed E-state index contributed by atoms with van der Waals surface area (Å²) >= 11 is 6.98. The van der Waals surface area contributed by atoms with Crippen LogP contribution in [0.5, 0.6) is 5.75 Å². The van der Waals surface area contributed by atoms with Gasteiger partial charge in [-0.15, -0.1) is 0 Å². The van der Waals surface area contributed by atoms with Crippen molar-refractivity contribution >= 4 is 34.4 Å². The van der Waals surface area contributed by atoms with E-state index in [1.807, 2.05) is 47.9 Å². The van der Waals surface area contributed by atoms with E-state index in [0.29, 0.717) is 23.9 Å². The molecule has 0 radical (unpaired) electrons. The summed E-state index contributed by atoms with van der Waals surface area (Å²) in [6.07, 6.45) is 3.06. The first-order chi connectivity index (χ1) is 19.9. The van der Waals surface area contributed by atoms with Crippen LogP contribution in [-0.2, 0) is 51.7 Å². The van der Waals surface area contributed by atoms with E-state index in [2.05, 4.69) is 4.68 Å². The minimum Gasteiger partial charge on any atom is -0.497 e. The second-order valence-corrected chi connectivity index (χ2v) is 10.5. The Kier molecular flexibility index (Phi) is 8.65. The Balaban J connectivity index is 1.61. The first-order valence-electron chi connectivity index (χ1n) is 13.6. The van der Waals surface area contributed by atoms with E-state index in [1.165, 1.54) is 14.2 Å². The molecule has 1 aliphatic rings. The molecule has 2 aromatic carbocycles. The van der Waals surface area contributed by atoms with Gasteiger partial charge in [0.25, 0.3) is 0 Å². The summed E-state index contributed by atoms with van der Waals surface area (Å²) < 4.78 is 25.3. The van der Waals surface area contributed by atoms with Gasteiger partial charge in [-0.2, -0.15) is 5.10 Å². The molecular formula is C31H34ClN3O6. The van der Waals surface area contributed by atoms with Crippen molar-refractivity contribution in [3.05, 3.63) is 69.6 Å². The molecule has 0 saturated heterocycles. The summed E-state index contributed by atoms with van der Waals surface area (Å²) in [6.45, 7) is 3.67. The lowest BCUT2D eigenvalue weighted by molar-refractivity contribution is -0.140. The number of hydrogen-bond donors (Lipinski definition) is 0. The highest BCUT2D eigenvalue weighted by molar-refractivity contribution is 6.35. The van der Waals surface area contributed by atoms with Crippen LogP contribution in [0.3, 0.4) is 0 Å². The van der Waals surface area contributed by atoms with E-state index in [1.54, 1.807) is 7.11 Å². The van der Waals surface area contributed by atoms with Crippen LogP contribution in [-0.4, -0.2) is 47.6 Å². The van der Waals surface area contributed by atoms with Gasteiger partial charge in [0.1, 0.15) is 11.4 Å². The first-order valence-corrected chi connectivity index (χ1v) is 14.0. The molecule has 0 amide bonds. The van der Waals surface area contributed by atoms with Crippen molar-refractivity contribution in [2.24, 2.45) is 0 Å². The molecule has 0 saturated carbocycles. The van der Waals surface area contributed by atoms with Crippen LogP contribution < -0.4 is 4.74 Å². The summed E-state index contributed by atoms with van der Waals surface area (Å²) in [6, 6.07) is 11.5. The predicted molar refractivity (Wildman–Crippen MR) is 155 cm³/mol. The van der Waals surface area contributed by atoms with Crippen molar-refractivity contribution in [1.29, 1.82) is 0 Å². The molecular weight excluding hydrogens is 546 g/mol. The Morgan fingerprint density at radius 1 is 0.976 bits per heavy atom. The van der Waals surface area contributed by atoms with Gasteiger partial charge in [0, 0.05) is 45.8 Å². The average Bonchev–Trinajstić information content (AvgIpc) is 3.50. The maximum absolute atomic E-state index is 13.0. The van der Waals surface area contributed by atoms with E-state index < -0.39 is 5.97 Å². The van der Waals surface area contributed by atoms with E-state index in [-0.39, 0.29) is 18.9 Å². The van der Waals surface area contributed by atoms with E-state index in [4.69, 9.17) is 35.6 Å². The molecule has 0 fully saturated rings. The smallest absolute Gasteiger partial charge is 0.354 e. The van der Waals surface area contributed by atoms with Crippen LogP contribution in [0.2, 0.25) is 5.02 Å². The Morgan fingerprint density at radius 3 is 2.46 bits per heavy atom. The largest absolute Gasteiger partial charge is 0.497 e. The van der Waals surface area contributed by atoms with Crippen molar-refractivity contribution in [2.45, 2.75) is 58.9 Å². The van der Waals surface area contributed by atoms with Gasteiger partial charge < -0.3 is 23.5 Å². The second kappa shape index (κ2) is 12.4. The highest BCUT2D eigenvalue weighted by Crippen LogP contribution is 2.43. The van der Waals surface area contributed by atoms with Crippen LogP contribution in [0.4, 0.5) is 0 Å². The number of benzene rings is 2. The zero-order chi connectivity index (χ0) is 29.1. The molecule has 9 nitrogen and oxygen atoms in total. The number of esters is 2. The molecule has 0 N–H and O–H groups in total. The van der Waals surface area contributed by atoms with Crippen LogP contribution in [0.25, 0.3) is 22.0 Å². The average molecular weight is 580 g/mol. The second-order valence-electron chi connectivity index (χ2n) is 10.0. The van der Waals surface area contributed by atoms with Crippen LogP contribution >= 0.6 is 11.6 Å². The maximum atomic E-state index is 13.0. The number of ether oxygens (including phenoxy) is 4. The van der Waals surface area contributed by atoms with Gasteiger partial charge in [0.05, 0.1) is 46.7 Å². The third-order valence-corrected chi connectivity index (χ3v) is 7.96. The number of hydrogen-bond acceptors (Lipinski definition) is 7. The van der Waals surface area contributed by atoms with E-state index in [0.717, 1.165) is 76.1 Å². The summed E-state index contributed by atoms with van der Waals surface area (Å²) in [5.74, 6) is -0.0528. The van der Waals surface area contributed by atoms with Crippen molar-refractivity contribution < 1.29 is 28.5 Å². The topological polar surface area (TPSA) is 93.8 Å². The number of carbonyl (C=O) groups excluding carboxylic acids is 2. The van der Waals surface area contributed by atoms with Crippen molar-refractivity contribution in [1.82, 2.24) is 14.3 Å². The SMILES string of the molecule is COC(=O)CCn1c(C(=O)OC)c(C)c2c(-c3c(COCc4ccc(OC)cc4)nn4c3CCCC4)c(Cl)ccc21. The number of carbonyl (C=O) groups is 2. The molecule has 2 aromatic heterocycles. The van der Waals surface area contributed by atoms with Gasteiger partial charge in [0.15, 0.2) is 0 Å². The maximum Gasteiger partial charge on any atom is 0.354 e. The van der Waals surface area contributed by atoms with E-state index >= 15 is 0 Å². The molecule has 216 valence electrons. The number of nitrogens with zero attached hydrogens (tertiary/aromatic N) is 3. The molecule has 3 heterocycles. The van der Waals surface area contributed by atoms with Crippen LogP contribution in [0.1, 0.15) is 52.3 Å². The molecule has 0 bridgehead atoms. The minimum atomic E-state index is -0.481. The molecule has 4 aromatic rings. The summed E-state index contributed by atoms with van der Waals surface area (Å²) in [5, 5.41) is 6.36. The zero-order valence-corrected chi connectivity index (χ0v) is 24.5. The Morgan fingerprint density at radius 2 is 1.76 bits per heavy atom. The lowest BCUT2D eigenvalue weighted by atomic mass is 9.94. The quantitative estimate of drug-likeness (QED) is 0.217. The summed E-state index contributed by atoms with van der Waals surface area (Å²) in [7, 11) is 4.34. The van der Waals surface area contributed by atoms with Gasteiger partial charge >= 0.3 is 11.9 Å². The number of aryl methyl sites for hydroxylation is 3. The predicted octanol–water partition coefficient (Wildman–Crippen LogP) is 5.88. The Hall–Kier alpha value is -3.82. The van der Waals surface area contributed by atoms with Crippen LogP contribution in [0.15, 0.2) is 36.4 Å². The van der Waals surface area contributed by atoms with Crippen LogP contribution in [0, 0.1) is 6.92 Å². The Labute approximate surface area is 243 Å². The molecule has 0 atom stereocenters. The third-order valence-electron chi connectivity index (χ3n) is 7.65. The number of methoxy groups -OCH3 is 3. The lowest BCUT2D eigenvalue weighted by Crippen LogP contribution is -2.14. The molecule has 0 spiro atoms. The number of rotatable bonds is 10. The fraction of sp³-hybridized carbons (Fsp3) is 0.387. The molecule has 5 rings (SSSR count). The monoisotopic (exact) mass is 579 g/mol. The van der Waals surface area contributed by atoms with E-state index in [9.17, 15) is 9.59 Å². The molecule has 10 heteroatoms. The van der Waals surface area contributed by atoms with Gasteiger partial charge in [0.2, 0.25) is 0 Å². The minimum absolute atomic E-state index is 0.106. The normalized spacial score (nSPS) is 12.8. The summed E-state index contributed by atoms with van der Waals surface area (Å²) in [5.41, 5.74) is 6.59. The van der Waals surface area contributed by atoms with Gasteiger partial charge in [-0.3, -0.25) is 9.48 Å². The van der Waals surface area contributed by atoms with Crippen molar-refractivity contribution in [3.8, 4) is 16.9 Å². The highest BCUT2D eigenvalue weighted by atomic mass is 35.5. The summed E-state index contributed by atoms with van der Waals surface area (Å²) in [4.78, 5) is 25.0. The highest BCUT2D eigenvalue weighted by Gasteiger charge is 2.29.